The van der Waals surface area contributed by atoms with Crippen LogP contribution in [0.15, 0.2) is 53.1 Å². The molecule has 1 saturated heterocycles. The molecule has 21 heavy (non-hydrogen) atoms. The first kappa shape index (κ1) is 13.8. The van der Waals surface area contributed by atoms with Crippen molar-refractivity contribution in [3.8, 4) is 0 Å². The average Bonchev–Trinajstić information content (AvgIpc) is 2.70. The number of nitrogens with zero attached hydrogens (tertiary/aromatic N) is 3. The molecule has 2 heterocycles. The molecule has 106 valence electrons. The van der Waals surface area contributed by atoms with Crippen LogP contribution in [-0.4, -0.2) is 28.9 Å². The number of halogens is 1. The van der Waals surface area contributed by atoms with Gasteiger partial charge in [-0.15, -0.1) is 0 Å². The molecule has 1 aromatic heterocycles. The van der Waals surface area contributed by atoms with Crippen LogP contribution in [0.5, 0.6) is 0 Å². The van der Waals surface area contributed by atoms with Gasteiger partial charge in [-0.2, -0.15) is 0 Å². The molecule has 0 radical (unpaired) electrons. The van der Waals surface area contributed by atoms with Crippen LogP contribution in [0.1, 0.15) is 11.6 Å². The van der Waals surface area contributed by atoms with Crippen LogP contribution in [-0.2, 0) is 4.79 Å². The molecule has 0 unspecified atom stereocenters. The van der Waals surface area contributed by atoms with Crippen LogP contribution in [0.3, 0.4) is 0 Å². The molecule has 3 amide bonds. The minimum Gasteiger partial charge on any atom is -0.311 e. The number of anilines is 1. The normalized spacial score (nSPS) is 18.5. The molecule has 5 nitrogen and oxygen atoms in total. The Morgan fingerprint density at radius 3 is 2.62 bits per heavy atom. The maximum Gasteiger partial charge on any atom is 0.333 e. The highest BCUT2D eigenvalue weighted by molar-refractivity contribution is 9.10. The monoisotopic (exact) mass is 345 g/mol. The number of imide groups is 1. The van der Waals surface area contributed by atoms with E-state index >= 15 is 0 Å². The summed E-state index contributed by atoms with van der Waals surface area (Å²) in [7, 11) is 1.62. The number of hydrogen-bond acceptors (Lipinski definition) is 3. The number of amides is 3. The number of urea groups is 1. The number of likely N-dealkylation sites (N-methyl/N-ethyl adjacent to an activating group) is 1. The molecule has 1 fully saturated rings. The van der Waals surface area contributed by atoms with E-state index in [-0.39, 0.29) is 11.9 Å². The Labute approximate surface area is 130 Å². The summed E-state index contributed by atoms with van der Waals surface area (Å²) >= 11 is 3.38. The van der Waals surface area contributed by atoms with Crippen molar-refractivity contribution in [3.05, 3.63) is 58.7 Å². The van der Waals surface area contributed by atoms with Gasteiger partial charge in [0.1, 0.15) is 11.9 Å². The van der Waals surface area contributed by atoms with E-state index in [1.54, 1.807) is 31.4 Å². The van der Waals surface area contributed by atoms with Gasteiger partial charge >= 0.3 is 6.03 Å². The summed E-state index contributed by atoms with van der Waals surface area (Å²) in [5.41, 5.74) is 0.767. The molecule has 0 bridgehead atoms. The van der Waals surface area contributed by atoms with Gasteiger partial charge in [0, 0.05) is 17.7 Å². The minimum atomic E-state index is -0.628. The van der Waals surface area contributed by atoms with Gasteiger partial charge in [-0.05, 0) is 29.8 Å². The molecule has 6 heteroatoms. The molecule has 0 N–H and O–H groups in total. The molecule has 0 spiro atoms. The lowest BCUT2D eigenvalue weighted by molar-refractivity contribution is -0.119. The topological polar surface area (TPSA) is 53.5 Å². The highest BCUT2D eigenvalue weighted by Crippen LogP contribution is 2.32. The highest BCUT2D eigenvalue weighted by atomic mass is 79.9. The lowest BCUT2D eigenvalue weighted by Crippen LogP contribution is -2.31. The second-order valence-electron chi connectivity index (χ2n) is 4.71. The first-order valence-electron chi connectivity index (χ1n) is 6.37. The number of hydrogen-bond donors (Lipinski definition) is 0. The van der Waals surface area contributed by atoms with Crippen molar-refractivity contribution >= 4 is 33.7 Å². The van der Waals surface area contributed by atoms with Gasteiger partial charge < -0.3 is 4.90 Å². The van der Waals surface area contributed by atoms with Crippen LogP contribution in [0.25, 0.3) is 0 Å². The molecule has 2 aromatic rings. The predicted molar refractivity (Wildman–Crippen MR) is 81.8 cm³/mol. The van der Waals surface area contributed by atoms with Crippen molar-refractivity contribution < 1.29 is 9.59 Å². The standard InChI is InChI=1S/C15H12BrN3O2/c1-18-13(10-5-4-6-11(16)9-10)14(20)19(15(18)21)12-7-2-3-8-17-12/h2-9,13H,1H3/t13-/m0/s1. The largest absolute Gasteiger partial charge is 0.333 e. The quantitative estimate of drug-likeness (QED) is 0.786. The number of pyridine rings is 1. The smallest absolute Gasteiger partial charge is 0.311 e. The minimum absolute atomic E-state index is 0.292. The molecule has 3 rings (SSSR count). The first-order valence-corrected chi connectivity index (χ1v) is 7.16. The number of rotatable bonds is 2. The van der Waals surface area contributed by atoms with Gasteiger partial charge in [-0.1, -0.05) is 34.1 Å². The molecular weight excluding hydrogens is 334 g/mol. The van der Waals surface area contributed by atoms with Gasteiger partial charge in [-0.25, -0.2) is 14.7 Å². The summed E-state index contributed by atoms with van der Waals surface area (Å²) in [5.74, 6) is 0.0520. The van der Waals surface area contributed by atoms with Gasteiger partial charge in [0.05, 0.1) is 0 Å². The summed E-state index contributed by atoms with van der Waals surface area (Å²) in [6.07, 6.45) is 1.56. The lowest BCUT2D eigenvalue weighted by atomic mass is 10.1. The molecule has 1 atom stereocenters. The van der Waals surface area contributed by atoms with Crippen molar-refractivity contribution in [1.82, 2.24) is 9.88 Å². The van der Waals surface area contributed by atoms with Crippen molar-refractivity contribution in [2.24, 2.45) is 0 Å². The van der Waals surface area contributed by atoms with E-state index in [4.69, 9.17) is 0 Å². The predicted octanol–water partition coefficient (Wildman–Crippen LogP) is 2.98. The van der Waals surface area contributed by atoms with Gasteiger partial charge in [0.2, 0.25) is 0 Å². The van der Waals surface area contributed by atoms with Crippen LogP contribution < -0.4 is 4.90 Å². The van der Waals surface area contributed by atoms with Crippen LogP contribution >= 0.6 is 15.9 Å². The fraction of sp³-hybridized carbons (Fsp3) is 0.133. The van der Waals surface area contributed by atoms with Gasteiger partial charge in [0.15, 0.2) is 0 Å². The van der Waals surface area contributed by atoms with Crippen LogP contribution in [0.4, 0.5) is 10.6 Å². The first-order chi connectivity index (χ1) is 10.1. The molecule has 0 aliphatic carbocycles. The lowest BCUT2D eigenvalue weighted by Gasteiger charge is -2.16. The Balaban J connectivity index is 2.02. The Kier molecular flexibility index (Phi) is 3.47. The zero-order chi connectivity index (χ0) is 15.0. The SMILES string of the molecule is CN1C(=O)N(c2ccccn2)C(=O)[C@@H]1c1cccc(Br)c1. The van der Waals surface area contributed by atoms with E-state index in [9.17, 15) is 9.59 Å². The van der Waals surface area contributed by atoms with Crippen molar-refractivity contribution in [3.63, 3.8) is 0 Å². The van der Waals surface area contributed by atoms with Gasteiger partial charge in [0.25, 0.3) is 5.91 Å². The third-order valence-corrected chi connectivity index (χ3v) is 3.87. The third-order valence-electron chi connectivity index (χ3n) is 3.38. The summed E-state index contributed by atoms with van der Waals surface area (Å²) in [5, 5.41) is 0. The Morgan fingerprint density at radius 1 is 1.14 bits per heavy atom. The highest BCUT2D eigenvalue weighted by Gasteiger charge is 2.45. The average molecular weight is 346 g/mol. The van der Waals surface area contributed by atoms with E-state index in [1.807, 2.05) is 24.3 Å². The number of carbonyl (C=O) groups is 2. The fourth-order valence-electron chi connectivity index (χ4n) is 2.39. The second kappa shape index (κ2) is 5.29. The molecule has 1 aromatic carbocycles. The third kappa shape index (κ3) is 2.31. The van der Waals surface area contributed by atoms with Crippen molar-refractivity contribution in [1.29, 1.82) is 0 Å². The molecular formula is C15H12BrN3O2. The maximum atomic E-state index is 12.6. The number of benzene rings is 1. The number of aromatic nitrogens is 1. The van der Waals surface area contributed by atoms with E-state index < -0.39 is 6.04 Å². The molecule has 1 aliphatic rings. The Bertz CT molecular complexity index is 705. The Morgan fingerprint density at radius 2 is 1.95 bits per heavy atom. The Hall–Kier alpha value is -2.21. The molecule has 0 saturated carbocycles. The van der Waals surface area contributed by atoms with E-state index in [0.717, 1.165) is 14.9 Å². The van der Waals surface area contributed by atoms with Crippen LogP contribution in [0.2, 0.25) is 0 Å². The van der Waals surface area contributed by atoms with E-state index in [1.165, 1.54) is 4.90 Å². The summed E-state index contributed by atoms with van der Waals surface area (Å²) < 4.78 is 0.866. The van der Waals surface area contributed by atoms with E-state index in [0.29, 0.717) is 5.82 Å². The summed E-state index contributed by atoms with van der Waals surface area (Å²) in [6.45, 7) is 0. The van der Waals surface area contributed by atoms with Crippen LogP contribution in [0, 0.1) is 0 Å². The summed E-state index contributed by atoms with van der Waals surface area (Å²) in [4.78, 5) is 31.6. The van der Waals surface area contributed by atoms with Gasteiger partial charge in [-0.3, -0.25) is 4.79 Å². The zero-order valence-corrected chi connectivity index (χ0v) is 12.8. The van der Waals surface area contributed by atoms with Crippen molar-refractivity contribution in [2.75, 3.05) is 11.9 Å². The van der Waals surface area contributed by atoms with Crippen molar-refractivity contribution in [2.45, 2.75) is 6.04 Å². The maximum absolute atomic E-state index is 12.6. The zero-order valence-electron chi connectivity index (χ0n) is 11.2. The van der Waals surface area contributed by atoms with E-state index in [2.05, 4.69) is 20.9 Å². The number of carbonyl (C=O) groups excluding carboxylic acids is 2. The fourth-order valence-corrected chi connectivity index (χ4v) is 2.81. The second-order valence-corrected chi connectivity index (χ2v) is 5.63. The molecule has 1 aliphatic heterocycles. The summed E-state index contributed by atoms with van der Waals surface area (Å²) in [6, 6.07) is 11.5.